The number of rotatable bonds is 0. The van der Waals surface area contributed by atoms with Crippen LogP contribution in [0.2, 0.25) is 1.41 Å². The minimum atomic E-state index is -1.92. The lowest BCUT2D eigenvalue weighted by atomic mass is 10.6. The molecule has 0 amide bonds. The highest BCUT2D eigenvalue weighted by molar-refractivity contribution is 4.59. The Morgan fingerprint density at radius 2 is 1.89 bits per heavy atom. The highest BCUT2D eigenvalue weighted by Crippen LogP contribution is 1.65. The second kappa shape index (κ2) is 4.73. The maximum Gasteiger partial charge on any atom is 0.122 e. The maximum atomic E-state index is 7.50. The Bertz CT molecular complexity index is 150. The topological polar surface area (TPSA) is 36.1 Å². The molecular weight excluding hydrogens is 114 g/mol. The summed E-state index contributed by atoms with van der Waals surface area (Å²) in [6, 6.07) is 0. The summed E-state index contributed by atoms with van der Waals surface area (Å²) in [5, 5.41) is 6.57. The predicted molar refractivity (Wildman–Crippen MR) is 38.6 cm³/mol. The van der Waals surface area contributed by atoms with E-state index in [0.29, 0.717) is 26.2 Å². The van der Waals surface area contributed by atoms with Crippen LogP contribution in [0.1, 0.15) is 4.11 Å². The van der Waals surface area contributed by atoms with Crippen molar-refractivity contribution in [3.05, 3.63) is 0 Å². The van der Waals surface area contributed by atoms with Gasteiger partial charge in [0.1, 0.15) is 1.41 Å². The Morgan fingerprint density at radius 3 is 2.89 bits per heavy atom. The first kappa shape index (κ1) is 3.32. The fourth-order valence-corrected chi connectivity index (χ4v) is 0.649. The van der Waals surface area contributed by atoms with Crippen molar-refractivity contribution >= 4 is 0 Å². The third-order valence-corrected chi connectivity index (χ3v) is 1.10. The molecule has 0 aromatic heterocycles. The Morgan fingerprint density at radius 1 is 1.11 bits per heavy atom. The van der Waals surface area contributed by atoms with Gasteiger partial charge in [-0.15, -0.1) is 0 Å². The van der Waals surface area contributed by atoms with Crippen molar-refractivity contribution in [1.82, 2.24) is 15.9 Å². The van der Waals surface area contributed by atoms with Crippen molar-refractivity contribution in [2.75, 3.05) is 39.2 Å². The zero-order chi connectivity index (χ0) is 9.90. The molecule has 0 saturated carbocycles. The maximum absolute atomic E-state index is 7.50. The Kier molecular flexibility index (Phi) is 1.75. The third kappa shape index (κ3) is 3.46. The zero-order valence-electron chi connectivity index (χ0n) is 9.35. The molecule has 0 bridgehead atoms. The Balaban J connectivity index is 2.63. The van der Waals surface area contributed by atoms with E-state index in [0.717, 1.165) is 5.31 Å². The quantitative estimate of drug-likeness (QED) is 0.387. The van der Waals surface area contributed by atoms with E-state index in [2.05, 4.69) is 10.6 Å². The average molecular weight is 133 g/mol. The molecule has 1 heterocycles. The molecule has 1 aliphatic heterocycles. The van der Waals surface area contributed by atoms with E-state index in [9.17, 15) is 0 Å². The molecule has 0 spiro atoms. The van der Waals surface area contributed by atoms with Gasteiger partial charge in [0.15, 0.2) is 0 Å². The lowest BCUT2D eigenvalue weighted by molar-refractivity contribution is 0.652. The largest absolute Gasteiger partial charge is 0.314 e. The second-order valence-electron chi connectivity index (χ2n) is 1.86. The number of hydrogen-bond donors (Lipinski definition) is 3. The van der Waals surface area contributed by atoms with E-state index >= 15 is 0 Å². The molecule has 9 heavy (non-hydrogen) atoms. The van der Waals surface area contributed by atoms with Crippen LogP contribution in [0.25, 0.3) is 0 Å². The van der Waals surface area contributed by atoms with Crippen LogP contribution in [0, 0.1) is 0 Å². The summed E-state index contributed by atoms with van der Waals surface area (Å²) in [6.45, 7) is -0.848. The fraction of sp³-hybridized carbons (Fsp3) is 1.00. The molecular formula is C6H15N3. The normalized spacial score (nSPS) is 46.4. The summed E-state index contributed by atoms with van der Waals surface area (Å²) in [7, 11) is 0. The van der Waals surface area contributed by atoms with Crippen LogP contribution in [-0.2, 0) is 0 Å². The van der Waals surface area contributed by atoms with Crippen LogP contribution in [0.4, 0.5) is 0 Å². The van der Waals surface area contributed by atoms with Crippen LogP contribution >= 0.6 is 0 Å². The van der Waals surface area contributed by atoms with E-state index < -0.39 is 13.0 Å². The van der Waals surface area contributed by atoms with E-state index in [1.807, 2.05) is 0 Å². The molecule has 0 radical (unpaired) electrons. The minimum Gasteiger partial charge on any atom is -0.314 e. The SMILES string of the molecule is [2H]C1NCCNCCN([2H])C1([2H])[2H]. The van der Waals surface area contributed by atoms with Gasteiger partial charge in [0, 0.05) is 43.3 Å². The lowest BCUT2D eigenvalue weighted by Crippen LogP contribution is -2.27. The monoisotopic (exact) mass is 133 g/mol. The number of nitrogens with one attached hydrogen (secondary N) is 3. The van der Waals surface area contributed by atoms with E-state index in [1.54, 1.807) is 0 Å². The predicted octanol–water partition coefficient (Wildman–Crippen LogP) is -1.23. The van der Waals surface area contributed by atoms with Gasteiger partial charge in [0.25, 0.3) is 0 Å². The first-order chi connectivity index (χ1) is 6.05. The second-order valence-corrected chi connectivity index (χ2v) is 1.86. The van der Waals surface area contributed by atoms with E-state index in [-0.39, 0.29) is 0 Å². The summed E-state index contributed by atoms with van der Waals surface area (Å²) < 4.78 is 29.9. The molecule has 1 atom stereocenters. The van der Waals surface area contributed by atoms with Crippen molar-refractivity contribution < 1.29 is 5.52 Å². The molecule has 54 valence electrons. The van der Waals surface area contributed by atoms with Crippen LogP contribution in [-0.4, -0.2) is 39.2 Å². The highest BCUT2D eigenvalue weighted by Gasteiger charge is 1.91. The molecule has 1 rings (SSSR count). The molecule has 3 N–H and O–H groups in total. The summed E-state index contributed by atoms with van der Waals surface area (Å²) in [6.07, 6.45) is 0. The first-order valence-electron chi connectivity index (χ1n) is 5.20. The lowest BCUT2D eigenvalue weighted by Gasteiger charge is -1.99. The summed E-state index contributed by atoms with van der Waals surface area (Å²) in [5.41, 5.74) is 0. The molecule has 1 aliphatic rings. The van der Waals surface area contributed by atoms with Gasteiger partial charge in [-0.1, -0.05) is 0 Å². The number of hydrogen-bond acceptors (Lipinski definition) is 3. The molecule has 0 aliphatic carbocycles. The van der Waals surface area contributed by atoms with Crippen molar-refractivity contribution in [2.24, 2.45) is 0 Å². The van der Waals surface area contributed by atoms with Crippen LogP contribution in [0.5, 0.6) is 0 Å². The van der Waals surface area contributed by atoms with Gasteiger partial charge >= 0.3 is 0 Å². The van der Waals surface area contributed by atoms with Crippen molar-refractivity contribution in [3.63, 3.8) is 0 Å². The first-order valence-corrected chi connectivity index (χ1v) is 3.18. The van der Waals surface area contributed by atoms with Gasteiger partial charge in [-0.2, -0.15) is 0 Å². The Hall–Kier alpha value is -0.120. The average Bonchev–Trinajstić information content (AvgIpc) is 2.12. The third-order valence-electron chi connectivity index (χ3n) is 1.10. The minimum absolute atomic E-state index is 0.296. The van der Waals surface area contributed by atoms with Crippen molar-refractivity contribution in [3.8, 4) is 0 Å². The van der Waals surface area contributed by atoms with Gasteiger partial charge in [-0.3, -0.25) is 0 Å². The van der Waals surface area contributed by atoms with Gasteiger partial charge in [0.2, 0.25) is 0 Å². The van der Waals surface area contributed by atoms with Crippen LogP contribution < -0.4 is 15.9 Å². The van der Waals surface area contributed by atoms with Gasteiger partial charge in [-0.25, -0.2) is 0 Å². The molecule has 1 fully saturated rings. The molecule has 1 saturated heterocycles. The van der Waals surface area contributed by atoms with Gasteiger partial charge in [-0.05, 0) is 0 Å². The zero-order valence-corrected chi connectivity index (χ0v) is 5.35. The summed E-state index contributed by atoms with van der Waals surface area (Å²) in [4.78, 5) is 0. The standard InChI is InChI=1S/C6H15N3/c1-2-8-5-6-9-4-3-7-1/h7-9H,1-6H2/i1D,2D2/hD. The van der Waals surface area contributed by atoms with Gasteiger partial charge in [0.05, 0.1) is 0 Å². The van der Waals surface area contributed by atoms with E-state index in [1.165, 1.54) is 0 Å². The van der Waals surface area contributed by atoms with E-state index in [4.69, 9.17) is 5.52 Å². The smallest absolute Gasteiger partial charge is 0.122 e. The van der Waals surface area contributed by atoms with Crippen LogP contribution in [0.3, 0.4) is 0 Å². The van der Waals surface area contributed by atoms with Crippen molar-refractivity contribution in [2.45, 2.75) is 0 Å². The Labute approximate surface area is 61.9 Å². The summed E-state index contributed by atoms with van der Waals surface area (Å²) >= 11 is 0. The molecule has 3 heteroatoms. The summed E-state index contributed by atoms with van der Waals surface area (Å²) in [5.74, 6) is 0. The molecule has 1 unspecified atom stereocenters. The highest BCUT2D eigenvalue weighted by atomic mass is 15.0. The molecule has 3 nitrogen and oxygen atoms in total. The molecule has 0 aromatic rings. The van der Waals surface area contributed by atoms with Crippen LogP contribution in [0.15, 0.2) is 0 Å². The van der Waals surface area contributed by atoms with Crippen molar-refractivity contribution in [1.29, 1.82) is 0 Å². The fourth-order valence-electron chi connectivity index (χ4n) is 0.649. The molecule has 0 aromatic carbocycles. The van der Waals surface area contributed by atoms with Gasteiger partial charge < -0.3 is 15.9 Å².